The Balaban J connectivity index is 1.44. The molecular formula is C28H28FNO4. The molecule has 0 bridgehead atoms. The largest absolute Gasteiger partial charge is 0.487 e. The first-order valence-electron chi connectivity index (χ1n) is 11.4. The summed E-state index contributed by atoms with van der Waals surface area (Å²) in [6.07, 6.45) is 2.65. The van der Waals surface area contributed by atoms with E-state index in [4.69, 9.17) is 4.74 Å². The molecular weight excluding hydrogens is 433 g/mol. The van der Waals surface area contributed by atoms with Gasteiger partial charge in [0, 0.05) is 24.9 Å². The summed E-state index contributed by atoms with van der Waals surface area (Å²) in [6, 6.07) is 21.6. The minimum Gasteiger partial charge on any atom is -0.487 e. The predicted octanol–water partition coefficient (Wildman–Crippen LogP) is 4.92. The maximum atomic E-state index is 13.2. The molecule has 0 saturated heterocycles. The van der Waals surface area contributed by atoms with E-state index < -0.39 is 11.6 Å². The van der Waals surface area contributed by atoms with Crippen molar-refractivity contribution in [2.75, 3.05) is 13.1 Å². The highest BCUT2D eigenvalue weighted by molar-refractivity contribution is 5.96. The third-order valence-corrected chi connectivity index (χ3v) is 6.07. The van der Waals surface area contributed by atoms with Crippen LogP contribution >= 0.6 is 0 Å². The normalized spacial score (nSPS) is 16.5. The van der Waals surface area contributed by atoms with E-state index in [1.165, 1.54) is 17.0 Å². The van der Waals surface area contributed by atoms with Crippen molar-refractivity contribution in [1.82, 2.24) is 4.90 Å². The average Bonchev–Trinajstić information content (AvgIpc) is 3.15. The number of halogens is 1. The number of carbonyl (C=O) groups is 2. The van der Waals surface area contributed by atoms with Gasteiger partial charge in [0.2, 0.25) is 0 Å². The van der Waals surface area contributed by atoms with Crippen molar-refractivity contribution in [3.63, 3.8) is 0 Å². The highest BCUT2D eigenvalue weighted by Gasteiger charge is 2.35. The number of aryl methyl sites for hydroxylation is 1. The lowest BCUT2D eigenvalue weighted by Gasteiger charge is -2.24. The Morgan fingerprint density at radius 3 is 2.47 bits per heavy atom. The van der Waals surface area contributed by atoms with Gasteiger partial charge in [0.15, 0.2) is 0 Å². The molecule has 0 fully saturated rings. The summed E-state index contributed by atoms with van der Waals surface area (Å²) in [4.78, 5) is 26.0. The van der Waals surface area contributed by atoms with Crippen LogP contribution in [0.3, 0.4) is 0 Å². The fourth-order valence-corrected chi connectivity index (χ4v) is 4.50. The van der Waals surface area contributed by atoms with E-state index in [0.717, 1.165) is 28.9 Å². The highest BCUT2D eigenvalue weighted by Crippen LogP contribution is 2.37. The van der Waals surface area contributed by atoms with Gasteiger partial charge >= 0.3 is 5.97 Å². The summed E-state index contributed by atoms with van der Waals surface area (Å²) in [6.45, 7) is 2.01. The number of amides is 1. The van der Waals surface area contributed by atoms with Crippen LogP contribution in [0.15, 0.2) is 72.8 Å². The number of carboxylic acid groups (broad SMARTS) is 1. The molecule has 34 heavy (non-hydrogen) atoms. The first kappa shape index (κ1) is 23.5. The van der Waals surface area contributed by atoms with Crippen molar-refractivity contribution in [1.29, 1.82) is 0 Å². The van der Waals surface area contributed by atoms with Gasteiger partial charge in [0.25, 0.3) is 5.91 Å². The standard InChI is InChI=1S/C28H28FNO4/c1-28(17-21-9-12-24(29)13-10-21)18-23-16-22(11-14-25(23)34-28)27(33)30(19-26(31)32)15-5-8-20-6-3-2-4-7-20/h2-4,6-7,9-14,16H,5,8,15,17-19H2,1H3,(H,31,32)/t28-/m1/s1. The van der Waals surface area contributed by atoms with Crippen LogP contribution in [0.2, 0.25) is 0 Å². The molecule has 1 atom stereocenters. The molecule has 0 unspecified atom stereocenters. The Kier molecular flexibility index (Phi) is 6.96. The Morgan fingerprint density at radius 1 is 1.03 bits per heavy atom. The van der Waals surface area contributed by atoms with Crippen molar-refractivity contribution in [3.8, 4) is 5.75 Å². The first-order chi connectivity index (χ1) is 16.3. The Labute approximate surface area is 198 Å². The maximum absolute atomic E-state index is 13.2. The molecule has 1 heterocycles. The molecule has 0 radical (unpaired) electrons. The van der Waals surface area contributed by atoms with E-state index in [-0.39, 0.29) is 18.3 Å². The zero-order valence-electron chi connectivity index (χ0n) is 19.2. The fourth-order valence-electron chi connectivity index (χ4n) is 4.50. The van der Waals surface area contributed by atoms with Crippen molar-refractivity contribution >= 4 is 11.9 Å². The first-order valence-corrected chi connectivity index (χ1v) is 11.4. The van der Waals surface area contributed by atoms with Gasteiger partial charge in [-0.25, -0.2) is 4.39 Å². The quantitative estimate of drug-likeness (QED) is 0.491. The second-order valence-corrected chi connectivity index (χ2v) is 9.06. The minimum atomic E-state index is -1.04. The number of rotatable bonds is 9. The number of carboxylic acids is 1. The lowest BCUT2D eigenvalue weighted by Crippen LogP contribution is -2.36. The number of nitrogens with zero attached hydrogens (tertiary/aromatic N) is 1. The van der Waals surface area contributed by atoms with Gasteiger partial charge in [-0.05, 0) is 66.8 Å². The Bertz CT molecular complexity index is 1160. The lowest BCUT2D eigenvalue weighted by atomic mass is 9.91. The van der Waals surface area contributed by atoms with Gasteiger partial charge in [-0.2, -0.15) is 0 Å². The third-order valence-electron chi connectivity index (χ3n) is 6.07. The number of ether oxygens (including phenoxy) is 1. The van der Waals surface area contributed by atoms with Crippen molar-refractivity contribution in [2.45, 2.75) is 38.2 Å². The van der Waals surface area contributed by atoms with Gasteiger partial charge in [0.1, 0.15) is 23.7 Å². The number of hydrogen-bond acceptors (Lipinski definition) is 3. The maximum Gasteiger partial charge on any atom is 0.323 e. The summed E-state index contributed by atoms with van der Waals surface area (Å²) >= 11 is 0. The van der Waals surface area contributed by atoms with E-state index in [0.29, 0.717) is 31.4 Å². The summed E-state index contributed by atoms with van der Waals surface area (Å²) in [5, 5.41) is 9.34. The van der Waals surface area contributed by atoms with E-state index in [9.17, 15) is 19.1 Å². The zero-order valence-corrected chi connectivity index (χ0v) is 19.2. The number of hydrogen-bond donors (Lipinski definition) is 1. The van der Waals surface area contributed by atoms with Crippen LogP contribution in [0, 0.1) is 5.82 Å². The topological polar surface area (TPSA) is 66.8 Å². The van der Waals surface area contributed by atoms with Crippen LogP contribution in [0.25, 0.3) is 0 Å². The van der Waals surface area contributed by atoms with Crippen molar-refractivity contribution in [2.24, 2.45) is 0 Å². The Hall–Kier alpha value is -3.67. The molecule has 3 aromatic carbocycles. The zero-order chi connectivity index (χ0) is 24.1. The number of aliphatic carboxylic acids is 1. The van der Waals surface area contributed by atoms with Crippen LogP contribution in [0.4, 0.5) is 4.39 Å². The van der Waals surface area contributed by atoms with E-state index in [2.05, 4.69) is 0 Å². The van der Waals surface area contributed by atoms with Crippen LogP contribution < -0.4 is 4.74 Å². The molecule has 6 heteroatoms. The molecule has 1 aliphatic heterocycles. The van der Waals surface area contributed by atoms with E-state index in [1.807, 2.05) is 37.3 Å². The van der Waals surface area contributed by atoms with Gasteiger partial charge in [-0.3, -0.25) is 9.59 Å². The van der Waals surface area contributed by atoms with Crippen molar-refractivity contribution < 1.29 is 23.8 Å². The monoisotopic (exact) mass is 461 g/mol. The molecule has 1 N–H and O–H groups in total. The number of carbonyl (C=O) groups excluding carboxylic acids is 1. The smallest absolute Gasteiger partial charge is 0.323 e. The molecule has 176 valence electrons. The van der Waals surface area contributed by atoms with Gasteiger partial charge in [-0.1, -0.05) is 42.5 Å². The fraction of sp³-hybridized carbons (Fsp3) is 0.286. The van der Waals surface area contributed by atoms with E-state index >= 15 is 0 Å². The Morgan fingerprint density at radius 2 is 1.76 bits per heavy atom. The molecule has 1 amide bonds. The van der Waals surface area contributed by atoms with E-state index in [1.54, 1.807) is 30.3 Å². The van der Waals surface area contributed by atoms with Gasteiger partial charge in [0.05, 0.1) is 0 Å². The minimum absolute atomic E-state index is 0.276. The summed E-state index contributed by atoms with van der Waals surface area (Å²) in [5.74, 6) is -0.896. The second-order valence-electron chi connectivity index (χ2n) is 9.06. The molecule has 4 rings (SSSR count). The average molecular weight is 462 g/mol. The molecule has 0 saturated carbocycles. The molecule has 0 aliphatic carbocycles. The van der Waals surface area contributed by atoms with Gasteiger partial charge in [-0.15, -0.1) is 0 Å². The molecule has 0 spiro atoms. The van der Waals surface area contributed by atoms with Crippen LogP contribution in [-0.4, -0.2) is 40.6 Å². The highest BCUT2D eigenvalue weighted by atomic mass is 19.1. The summed E-state index contributed by atoms with van der Waals surface area (Å²) in [5.41, 5.74) is 2.99. The van der Waals surface area contributed by atoms with Crippen LogP contribution in [0.5, 0.6) is 5.75 Å². The molecule has 1 aliphatic rings. The van der Waals surface area contributed by atoms with Crippen molar-refractivity contribution in [3.05, 3.63) is 101 Å². The molecule has 3 aromatic rings. The number of benzene rings is 3. The molecule has 0 aromatic heterocycles. The molecule has 5 nitrogen and oxygen atoms in total. The van der Waals surface area contributed by atoms with Gasteiger partial charge < -0.3 is 14.7 Å². The SMILES string of the molecule is C[C@@]1(Cc2ccc(F)cc2)Cc2cc(C(=O)N(CCCc3ccccc3)CC(=O)O)ccc2O1. The third kappa shape index (κ3) is 5.81. The summed E-state index contributed by atoms with van der Waals surface area (Å²) in [7, 11) is 0. The summed E-state index contributed by atoms with van der Waals surface area (Å²) < 4.78 is 19.4. The second kappa shape index (κ2) is 10.1. The predicted molar refractivity (Wildman–Crippen MR) is 128 cm³/mol. The van der Waals surface area contributed by atoms with Crippen LogP contribution in [0.1, 0.15) is 40.4 Å². The van der Waals surface area contributed by atoms with Crippen LogP contribution in [-0.2, 0) is 24.1 Å². The number of fused-ring (bicyclic) bond motifs is 1. The lowest BCUT2D eigenvalue weighted by molar-refractivity contribution is -0.137.